The van der Waals surface area contributed by atoms with Gasteiger partial charge in [-0.3, -0.25) is 4.79 Å². The number of aliphatic hydroxyl groups is 2. The fraction of sp³-hybridized carbons (Fsp3) is 0.417. The maximum absolute atomic E-state index is 10.4. The number of fused-ring (bicyclic) bond motifs is 1. The highest BCUT2D eigenvalue weighted by Crippen LogP contribution is 2.29. The molecule has 0 aliphatic carbocycles. The monoisotopic (exact) mass is 238 g/mol. The number of carbonyl (C=O) groups is 1. The van der Waals surface area contributed by atoms with Gasteiger partial charge in [-0.05, 0) is 23.3 Å². The minimum absolute atomic E-state index is 0.477. The van der Waals surface area contributed by atoms with E-state index in [1.807, 2.05) is 0 Å². The minimum Gasteiger partial charge on any atom is -0.493 e. The van der Waals surface area contributed by atoms with Crippen molar-refractivity contribution in [3.8, 4) is 5.75 Å². The molecule has 17 heavy (non-hydrogen) atoms. The van der Waals surface area contributed by atoms with E-state index in [0.29, 0.717) is 12.2 Å². The maximum Gasteiger partial charge on any atom is 0.306 e. The zero-order valence-electron chi connectivity index (χ0n) is 9.17. The summed E-state index contributed by atoms with van der Waals surface area (Å²) in [5.74, 6) is -0.352. The SMILES string of the molecule is O=C(O)CC(O)C(O)c1ccc2c(c1)CCO2. The van der Waals surface area contributed by atoms with Crippen LogP contribution >= 0.6 is 0 Å². The lowest BCUT2D eigenvalue weighted by molar-refractivity contribution is -0.141. The number of aliphatic hydroxyl groups excluding tert-OH is 2. The van der Waals surface area contributed by atoms with Crippen molar-refractivity contribution in [3.05, 3.63) is 29.3 Å². The number of carboxylic acids is 1. The summed E-state index contributed by atoms with van der Waals surface area (Å²) in [6.45, 7) is 0.618. The van der Waals surface area contributed by atoms with Crippen LogP contribution in [0.2, 0.25) is 0 Å². The second-order valence-electron chi connectivity index (χ2n) is 4.08. The van der Waals surface area contributed by atoms with Gasteiger partial charge in [0.05, 0.1) is 19.1 Å². The molecule has 5 nitrogen and oxygen atoms in total. The molecule has 0 fully saturated rings. The molecule has 5 heteroatoms. The zero-order chi connectivity index (χ0) is 12.4. The molecule has 0 bridgehead atoms. The number of hydrogen-bond acceptors (Lipinski definition) is 4. The van der Waals surface area contributed by atoms with E-state index in [1.54, 1.807) is 18.2 Å². The normalized spacial score (nSPS) is 17.1. The van der Waals surface area contributed by atoms with Crippen LogP contribution in [0.5, 0.6) is 5.75 Å². The van der Waals surface area contributed by atoms with Crippen LogP contribution in [-0.2, 0) is 11.2 Å². The highest BCUT2D eigenvalue weighted by Gasteiger charge is 2.23. The third kappa shape index (κ3) is 2.57. The lowest BCUT2D eigenvalue weighted by atomic mass is 9.99. The Labute approximate surface area is 98.3 Å². The average molecular weight is 238 g/mol. The van der Waals surface area contributed by atoms with E-state index >= 15 is 0 Å². The number of rotatable bonds is 4. The van der Waals surface area contributed by atoms with Gasteiger partial charge in [-0.25, -0.2) is 0 Å². The van der Waals surface area contributed by atoms with Gasteiger partial charge in [-0.15, -0.1) is 0 Å². The Hall–Kier alpha value is -1.59. The molecule has 0 radical (unpaired) electrons. The van der Waals surface area contributed by atoms with Gasteiger partial charge in [0, 0.05) is 6.42 Å². The van der Waals surface area contributed by atoms with Crippen molar-refractivity contribution in [2.45, 2.75) is 25.0 Å². The maximum atomic E-state index is 10.4. The number of ether oxygens (including phenoxy) is 1. The van der Waals surface area contributed by atoms with Crippen LogP contribution < -0.4 is 4.74 Å². The summed E-state index contributed by atoms with van der Waals surface area (Å²) >= 11 is 0. The van der Waals surface area contributed by atoms with Crippen LogP contribution in [0.25, 0.3) is 0 Å². The van der Waals surface area contributed by atoms with Crippen molar-refractivity contribution in [1.82, 2.24) is 0 Å². The van der Waals surface area contributed by atoms with Gasteiger partial charge >= 0.3 is 5.97 Å². The van der Waals surface area contributed by atoms with Crippen molar-refractivity contribution in [3.63, 3.8) is 0 Å². The molecule has 2 atom stereocenters. The lowest BCUT2D eigenvalue weighted by Gasteiger charge is -2.17. The Bertz CT molecular complexity index is 429. The van der Waals surface area contributed by atoms with E-state index in [9.17, 15) is 15.0 Å². The first kappa shape index (κ1) is 11.9. The summed E-state index contributed by atoms with van der Waals surface area (Å²) < 4.78 is 5.32. The van der Waals surface area contributed by atoms with Crippen LogP contribution in [0.1, 0.15) is 23.7 Å². The summed E-state index contributed by atoms with van der Waals surface area (Å²) in [6.07, 6.45) is -2.19. The molecule has 1 aliphatic heterocycles. The van der Waals surface area contributed by atoms with Crippen molar-refractivity contribution < 1.29 is 24.9 Å². The second-order valence-corrected chi connectivity index (χ2v) is 4.08. The van der Waals surface area contributed by atoms with E-state index in [1.165, 1.54) is 0 Å². The fourth-order valence-corrected chi connectivity index (χ4v) is 1.90. The minimum atomic E-state index is -1.30. The number of benzene rings is 1. The predicted octanol–water partition coefficient (Wildman–Crippen LogP) is 0.491. The smallest absolute Gasteiger partial charge is 0.306 e. The predicted molar refractivity (Wildman–Crippen MR) is 58.9 cm³/mol. The van der Waals surface area contributed by atoms with E-state index in [0.717, 1.165) is 17.7 Å². The first-order chi connectivity index (χ1) is 8.08. The molecule has 0 aromatic heterocycles. The van der Waals surface area contributed by atoms with Crippen LogP contribution in [0.15, 0.2) is 18.2 Å². The van der Waals surface area contributed by atoms with Crippen molar-refractivity contribution in [1.29, 1.82) is 0 Å². The highest BCUT2D eigenvalue weighted by molar-refractivity contribution is 5.67. The molecule has 1 heterocycles. The Morgan fingerprint density at radius 3 is 2.88 bits per heavy atom. The third-order valence-electron chi connectivity index (χ3n) is 2.80. The summed E-state index contributed by atoms with van der Waals surface area (Å²) in [4.78, 5) is 10.4. The van der Waals surface area contributed by atoms with E-state index in [-0.39, 0.29) is 0 Å². The highest BCUT2D eigenvalue weighted by atomic mass is 16.5. The number of carboxylic acid groups (broad SMARTS) is 1. The number of hydrogen-bond donors (Lipinski definition) is 3. The van der Waals surface area contributed by atoms with Crippen molar-refractivity contribution in [2.75, 3.05) is 6.61 Å². The van der Waals surface area contributed by atoms with Gasteiger partial charge in [0.25, 0.3) is 0 Å². The molecule has 92 valence electrons. The molecule has 0 amide bonds. The molecule has 3 N–H and O–H groups in total. The third-order valence-corrected chi connectivity index (χ3v) is 2.80. The van der Waals surface area contributed by atoms with Crippen molar-refractivity contribution >= 4 is 5.97 Å². The Morgan fingerprint density at radius 1 is 1.41 bits per heavy atom. The average Bonchev–Trinajstić information content (AvgIpc) is 2.73. The van der Waals surface area contributed by atoms with Crippen molar-refractivity contribution in [2.24, 2.45) is 0 Å². The topological polar surface area (TPSA) is 87.0 Å². The van der Waals surface area contributed by atoms with Gasteiger partial charge in [-0.1, -0.05) is 6.07 Å². The van der Waals surface area contributed by atoms with Gasteiger partial charge in [0.15, 0.2) is 0 Å². The molecule has 1 aromatic rings. The summed E-state index contributed by atoms with van der Waals surface area (Å²) in [6, 6.07) is 5.12. The molecular formula is C12H14O5. The first-order valence-corrected chi connectivity index (χ1v) is 5.41. The Morgan fingerprint density at radius 2 is 2.18 bits per heavy atom. The Balaban J connectivity index is 2.14. The summed E-state index contributed by atoms with van der Waals surface area (Å²) in [5, 5.41) is 27.9. The molecule has 0 saturated heterocycles. The first-order valence-electron chi connectivity index (χ1n) is 5.41. The summed E-state index contributed by atoms with van der Waals surface area (Å²) in [7, 11) is 0. The van der Waals surface area contributed by atoms with Gasteiger partial charge < -0.3 is 20.1 Å². The molecule has 1 aliphatic rings. The molecule has 0 saturated carbocycles. The number of aliphatic carboxylic acids is 1. The van der Waals surface area contributed by atoms with Crippen LogP contribution in [0.3, 0.4) is 0 Å². The summed E-state index contributed by atoms with van der Waals surface area (Å²) in [5.41, 5.74) is 1.49. The van der Waals surface area contributed by atoms with Crippen LogP contribution in [0.4, 0.5) is 0 Å². The molecule has 2 unspecified atom stereocenters. The van der Waals surface area contributed by atoms with E-state index < -0.39 is 24.6 Å². The quantitative estimate of drug-likeness (QED) is 0.710. The lowest BCUT2D eigenvalue weighted by Crippen LogP contribution is -2.21. The van der Waals surface area contributed by atoms with Crippen LogP contribution in [0, 0.1) is 0 Å². The van der Waals surface area contributed by atoms with Gasteiger partial charge in [0.2, 0.25) is 0 Å². The second kappa shape index (κ2) is 4.73. The van der Waals surface area contributed by atoms with E-state index in [4.69, 9.17) is 9.84 Å². The fourth-order valence-electron chi connectivity index (χ4n) is 1.90. The standard InChI is InChI=1S/C12H14O5/c13-9(6-11(14)15)12(16)8-1-2-10-7(5-8)3-4-17-10/h1-2,5,9,12-13,16H,3-4,6H2,(H,14,15). The molecule has 2 rings (SSSR count). The largest absolute Gasteiger partial charge is 0.493 e. The molecule has 0 spiro atoms. The zero-order valence-corrected chi connectivity index (χ0v) is 9.17. The van der Waals surface area contributed by atoms with Gasteiger partial charge in [0.1, 0.15) is 11.9 Å². The van der Waals surface area contributed by atoms with E-state index in [2.05, 4.69) is 0 Å². The molecular weight excluding hydrogens is 224 g/mol. The molecule has 1 aromatic carbocycles. The van der Waals surface area contributed by atoms with Gasteiger partial charge in [-0.2, -0.15) is 0 Å². The van der Waals surface area contributed by atoms with Crippen LogP contribution in [-0.4, -0.2) is 34.0 Å². The Kier molecular flexibility index (Phi) is 3.31.